The van der Waals surface area contributed by atoms with Crippen molar-refractivity contribution in [3.05, 3.63) is 11.6 Å². The van der Waals surface area contributed by atoms with E-state index in [1.54, 1.807) is 0 Å². The Kier molecular flexibility index (Phi) is 18.4. The van der Waals surface area contributed by atoms with Crippen LogP contribution in [0.1, 0.15) is 114 Å². The Morgan fingerprint density at radius 1 is 0.768 bits per heavy atom. The molecule has 9 rings (SSSR count). The molecule has 27 unspecified atom stereocenters. The van der Waals surface area contributed by atoms with Gasteiger partial charge in [-0.05, 0) is 81.0 Å². The van der Waals surface area contributed by atoms with E-state index in [1.807, 2.05) is 20.8 Å². The Morgan fingerprint density at radius 3 is 2.06 bits per heavy atom. The van der Waals surface area contributed by atoms with Gasteiger partial charge in [0.15, 0.2) is 25.2 Å². The van der Waals surface area contributed by atoms with Crippen molar-refractivity contribution in [2.75, 3.05) is 26.9 Å². The van der Waals surface area contributed by atoms with Gasteiger partial charge in [0.05, 0.1) is 43.4 Å². The Hall–Kier alpha value is -2.46. The molecule has 9 aliphatic rings. The minimum Gasteiger partial charge on any atom is -0.462 e. The third-order valence-corrected chi connectivity index (χ3v) is 20.6. The van der Waals surface area contributed by atoms with Crippen molar-refractivity contribution in [3.8, 4) is 0 Å². The van der Waals surface area contributed by atoms with E-state index in [0.29, 0.717) is 44.9 Å². The zero-order valence-electron chi connectivity index (χ0n) is 48.1. The van der Waals surface area contributed by atoms with E-state index < -0.39 is 187 Å². The van der Waals surface area contributed by atoms with E-state index in [4.69, 9.17) is 56.3 Å². The molecule has 0 aromatic heterocycles. The van der Waals surface area contributed by atoms with Crippen LogP contribution < -0.4 is 0 Å². The SMILES string of the molecule is COC1C(O)C(CO)OC(OC2C(O)COC(OC3C(C)OC(OC4C(OC5CCC6(C)C7CCC89C(=O)OC(C)(CC(=O)CC(C)C)C8C(OC(C)=O)CC9(C)C7=CCC6C5(C)C)OCC(OS(=O)(=O)O)C4O)C(O)C3O)C2O)C1O. The second-order valence-corrected chi connectivity index (χ2v) is 27.1. The molecule has 8 fully saturated rings. The number of hydrogen-bond donors (Lipinski definition) is 9. The predicted octanol–water partition coefficient (Wildman–Crippen LogP) is -0.121. The van der Waals surface area contributed by atoms with E-state index in [0.717, 1.165) is 5.57 Å². The Morgan fingerprint density at radius 2 is 1.41 bits per heavy atom. The molecule has 5 saturated heterocycles. The van der Waals surface area contributed by atoms with E-state index >= 15 is 0 Å². The highest BCUT2D eigenvalue weighted by atomic mass is 32.3. The molecule has 468 valence electrons. The van der Waals surface area contributed by atoms with Gasteiger partial charge in [0.25, 0.3) is 0 Å². The van der Waals surface area contributed by atoms with Crippen molar-refractivity contribution in [3.63, 3.8) is 0 Å². The second kappa shape index (κ2) is 23.6. The van der Waals surface area contributed by atoms with E-state index in [1.165, 1.54) is 21.0 Å². The molecule has 3 saturated carbocycles. The molecule has 0 amide bonds. The highest BCUT2D eigenvalue weighted by Gasteiger charge is 2.80. The van der Waals surface area contributed by atoms with Crippen LogP contribution in [0.5, 0.6) is 0 Å². The van der Waals surface area contributed by atoms with Gasteiger partial charge in [0.1, 0.15) is 96.8 Å². The number of rotatable bonds is 17. The first kappa shape index (κ1) is 64.0. The Bertz CT molecular complexity index is 2480. The summed E-state index contributed by atoms with van der Waals surface area (Å²) in [4.78, 5) is 40.9. The van der Waals surface area contributed by atoms with Crippen molar-refractivity contribution in [2.45, 2.75) is 242 Å². The first-order chi connectivity index (χ1) is 38.3. The lowest BCUT2D eigenvalue weighted by atomic mass is 9.41. The van der Waals surface area contributed by atoms with Gasteiger partial charge in [-0.1, -0.05) is 53.2 Å². The molecule has 27 atom stereocenters. The molecule has 26 nitrogen and oxygen atoms in total. The van der Waals surface area contributed by atoms with Crippen LogP contribution in [0, 0.1) is 45.3 Å². The third kappa shape index (κ3) is 11.2. The summed E-state index contributed by atoms with van der Waals surface area (Å²) in [6.45, 7) is 15.2. The van der Waals surface area contributed by atoms with Crippen molar-refractivity contribution in [2.24, 2.45) is 45.3 Å². The molecule has 5 aliphatic heterocycles. The molecule has 0 bridgehead atoms. The number of hydrogen-bond acceptors (Lipinski definition) is 25. The van der Waals surface area contributed by atoms with Crippen LogP contribution >= 0.6 is 0 Å². The van der Waals surface area contributed by atoms with E-state index in [2.05, 4.69) is 33.8 Å². The highest BCUT2D eigenvalue weighted by molar-refractivity contribution is 7.80. The summed E-state index contributed by atoms with van der Waals surface area (Å²) in [7, 11) is -3.97. The largest absolute Gasteiger partial charge is 0.462 e. The van der Waals surface area contributed by atoms with Gasteiger partial charge in [-0.15, -0.1) is 0 Å². The van der Waals surface area contributed by atoms with Crippen molar-refractivity contribution >= 4 is 28.1 Å². The maximum atomic E-state index is 14.7. The summed E-state index contributed by atoms with van der Waals surface area (Å²) in [6.07, 6.45) is -24.9. The van der Waals surface area contributed by atoms with Gasteiger partial charge in [-0.2, -0.15) is 8.42 Å². The number of esters is 2. The smallest absolute Gasteiger partial charge is 0.397 e. The zero-order chi connectivity index (χ0) is 60.1. The molecule has 27 heteroatoms. The van der Waals surface area contributed by atoms with Gasteiger partial charge >= 0.3 is 22.3 Å². The minimum atomic E-state index is -5.17. The lowest BCUT2D eigenvalue weighted by Crippen LogP contribution is -2.65. The van der Waals surface area contributed by atoms with Crippen molar-refractivity contribution < 1.29 is 124 Å². The summed E-state index contributed by atoms with van der Waals surface area (Å²) in [6, 6.07) is 0. The lowest BCUT2D eigenvalue weighted by Gasteiger charge is -2.63. The normalized spacial score (nSPS) is 49.2. The molecular weight excluding hydrogens is 1110 g/mol. The summed E-state index contributed by atoms with van der Waals surface area (Å²) < 4.78 is 104. The summed E-state index contributed by atoms with van der Waals surface area (Å²) >= 11 is 0. The first-order valence-electron chi connectivity index (χ1n) is 28.6. The van der Waals surface area contributed by atoms with Crippen LogP contribution in [0.2, 0.25) is 0 Å². The van der Waals surface area contributed by atoms with Crippen LogP contribution in [0.4, 0.5) is 0 Å². The average Bonchev–Trinajstić information content (AvgIpc) is 3.17. The number of ketones is 1. The molecule has 1 spiro atoms. The number of aliphatic hydroxyl groups is 8. The van der Waals surface area contributed by atoms with Gasteiger partial charge in [-0.3, -0.25) is 18.9 Å². The highest BCUT2D eigenvalue weighted by Crippen LogP contribution is 2.76. The second-order valence-electron chi connectivity index (χ2n) is 26.1. The standard InChI is InChI=1S/C55H86O26S/c1-23(2)17-26(58)18-54(9)45-30(74-25(4)57)19-53(8)28-11-12-33-51(5,6)34(14-15-52(33,7)27(28)13-16-55(45,53)50(66)80-54)76-49-44(36(61)32(22-72-49)81-82(67,68)69)79-47-38(63)37(62)41(24(3)73-47)77-46-39(64)42(29(59)21-71-46)78-48-40(65)43(70-10)35(60)31(20-56)75-48/h11,23-24,27,29-49,56,59-65H,12-22H2,1-10H3,(H,67,68,69). The number of methoxy groups -OCH3 is 1. The summed E-state index contributed by atoms with van der Waals surface area (Å²) in [5.41, 5.74) is -2.93. The molecule has 0 radical (unpaired) electrons. The average molecular weight is 1200 g/mol. The Labute approximate surface area is 477 Å². The lowest BCUT2D eigenvalue weighted by molar-refractivity contribution is -0.382. The van der Waals surface area contributed by atoms with Crippen LogP contribution in [0.15, 0.2) is 11.6 Å². The van der Waals surface area contributed by atoms with Crippen LogP contribution in [0.25, 0.3) is 0 Å². The molecule has 82 heavy (non-hydrogen) atoms. The van der Waals surface area contributed by atoms with Crippen LogP contribution in [0.3, 0.4) is 0 Å². The predicted molar refractivity (Wildman–Crippen MR) is 276 cm³/mol. The molecule has 5 heterocycles. The number of allylic oxidation sites excluding steroid dienone is 2. The number of Topliss-reactive ketones (excluding diaryl/α,β-unsaturated/α-hetero) is 1. The third-order valence-electron chi connectivity index (χ3n) is 20.1. The fourth-order valence-corrected chi connectivity index (χ4v) is 17.0. The summed E-state index contributed by atoms with van der Waals surface area (Å²) in [5, 5.41) is 88.4. The fraction of sp³-hybridized carbons (Fsp3) is 0.909. The monoisotopic (exact) mass is 1190 g/mol. The zero-order valence-corrected chi connectivity index (χ0v) is 48.9. The Balaban J connectivity index is 0.910. The van der Waals surface area contributed by atoms with Crippen molar-refractivity contribution in [1.82, 2.24) is 0 Å². The molecule has 0 aromatic carbocycles. The molecule has 0 aromatic rings. The van der Waals surface area contributed by atoms with E-state index in [-0.39, 0.29) is 41.3 Å². The number of carbonyl (C=O) groups is 3. The minimum absolute atomic E-state index is 0.0134. The van der Waals surface area contributed by atoms with Crippen LogP contribution in [-0.2, 0) is 81.1 Å². The maximum Gasteiger partial charge on any atom is 0.397 e. The quantitative estimate of drug-likeness (QED) is 0.0521. The van der Waals surface area contributed by atoms with Gasteiger partial charge in [-0.25, -0.2) is 4.18 Å². The van der Waals surface area contributed by atoms with Gasteiger partial charge < -0.3 is 93.0 Å². The number of carbonyl (C=O) groups excluding carboxylic acids is 3. The summed E-state index contributed by atoms with van der Waals surface area (Å²) in [5.74, 6) is -1.41. The number of ether oxygens (including phenoxy) is 11. The topological polar surface area (TPSA) is 378 Å². The molecular formula is C55H86O26S. The maximum absolute atomic E-state index is 14.7. The number of aliphatic hydroxyl groups excluding tert-OH is 8. The molecule has 9 N–H and O–H groups in total. The van der Waals surface area contributed by atoms with Crippen molar-refractivity contribution in [1.29, 1.82) is 0 Å². The van der Waals surface area contributed by atoms with Gasteiger partial charge in [0, 0.05) is 32.3 Å². The fourth-order valence-electron chi connectivity index (χ4n) is 16.5. The van der Waals surface area contributed by atoms with Crippen LogP contribution in [-0.4, -0.2) is 227 Å². The number of cyclic esters (lactones) is 1. The van der Waals surface area contributed by atoms with Gasteiger partial charge in [0.2, 0.25) is 0 Å². The first-order valence-corrected chi connectivity index (χ1v) is 30.0. The molecule has 4 aliphatic carbocycles. The number of fused-ring (bicyclic) bond motifs is 4. The van der Waals surface area contributed by atoms with E-state index in [9.17, 15) is 68.2 Å².